The molecule has 0 aliphatic heterocycles. The van der Waals surface area contributed by atoms with E-state index in [0.717, 1.165) is 14.5 Å². The fourth-order valence-corrected chi connectivity index (χ4v) is 3.49. The van der Waals surface area contributed by atoms with Gasteiger partial charge in [-0.25, -0.2) is 0 Å². The van der Waals surface area contributed by atoms with Crippen LogP contribution >= 0.6 is 31.9 Å². The average molecular weight is 397 g/mol. The van der Waals surface area contributed by atoms with E-state index in [-0.39, 0.29) is 6.04 Å². The van der Waals surface area contributed by atoms with E-state index in [1.54, 1.807) is 0 Å². The Morgan fingerprint density at radius 3 is 2.00 bits per heavy atom. The zero-order valence-electron chi connectivity index (χ0n) is 12.2. The Balaban J connectivity index is 2.65. The smallest absolute Gasteiger partial charge is 0.0568 e. The Labute approximate surface area is 137 Å². The summed E-state index contributed by atoms with van der Waals surface area (Å²) in [5.41, 5.74) is 14.1. The van der Waals surface area contributed by atoms with Gasteiger partial charge in [0.25, 0.3) is 0 Å². The minimum atomic E-state index is -0.125. The second-order valence-corrected chi connectivity index (χ2v) is 7.09. The summed E-state index contributed by atoms with van der Waals surface area (Å²) in [4.78, 5) is 0. The highest BCUT2D eigenvalue weighted by molar-refractivity contribution is 9.11. The summed E-state index contributed by atoms with van der Waals surface area (Å²) < 4.78 is 2.09. The Morgan fingerprint density at radius 2 is 1.45 bits per heavy atom. The Bertz CT molecular complexity index is 636. The van der Waals surface area contributed by atoms with Gasteiger partial charge in [0.1, 0.15) is 0 Å². The molecule has 0 fully saturated rings. The van der Waals surface area contributed by atoms with E-state index in [1.807, 2.05) is 12.1 Å². The first-order chi connectivity index (χ1) is 9.32. The van der Waals surface area contributed by atoms with Crippen molar-refractivity contribution in [2.75, 3.05) is 0 Å². The second kappa shape index (κ2) is 6.00. The lowest BCUT2D eigenvalue weighted by Gasteiger charge is -2.22. The number of hydrogen-bond donors (Lipinski definition) is 1. The zero-order chi connectivity index (χ0) is 15.0. The number of hydrogen-bond acceptors (Lipinski definition) is 1. The lowest BCUT2D eigenvalue weighted by atomic mass is 9.87. The molecule has 0 amide bonds. The number of nitrogens with two attached hydrogens (primary N) is 1. The van der Waals surface area contributed by atoms with Crippen LogP contribution < -0.4 is 5.73 Å². The van der Waals surface area contributed by atoms with E-state index in [2.05, 4.69) is 71.7 Å². The van der Waals surface area contributed by atoms with E-state index >= 15 is 0 Å². The maximum atomic E-state index is 6.57. The molecule has 20 heavy (non-hydrogen) atoms. The van der Waals surface area contributed by atoms with E-state index in [9.17, 15) is 0 Å². The fraction of sp³-hybridized carbons (Fsp3) is 0.294. The van der Waals surface area contributed by atoms with Crippen molar-refractivity contribution in [1.29, 1.82) is 0 Å². The third-order valence-corrected chi connectivity index (χ3v) is 5.24. The topological polar surface area (TPSA) is 26.0 Å². The van der Waals surface area contributed by atoms with Crippen LogP contribution in [0.2, 0.25) is 0 Å². The highest BCUT2D eigenvalue weighted by atomic mass is 79.9. The van der Waals surface area contributed by atoms with Crippen molar-refractivity contribution in [2.45, 2.75) is 33.7 Å². The Kier molecular flexibility index (Phi) is 4.73. The van der Waals surface area contributed by atoms with E-state index in [0.29, 0.717) is 0 Å². The van der Waals surface area contributed by atoms with Crippen molar-refractivity contribution in [1.82, 2.24) is 0 Å². The number of benzene rings is 2. The van der Waals surface area contributed by atoms with E-state index < -0.39 is 0 Å². The standard InChI is InChI=1S/C17H19Br2N/c1-9-7-10(2)12(4)16(11(9)3)17(20)14-8-13(18)5-6-15(14)19/h5-8,17H,20H2,1-4H3. The molecular formula is C17H19Br2N. The summed E-state index contributed by atoms with van der Waals surface area (Å²) in [5, 5.41) is 0. The SMILES string of the molecule is Cc1cc(C)c(C)c(C(N)c2cc(Br)ccc2Br)c1C. The van der Waals surface area contributed by atoms with Crippen LogP contribution in [0.1, 0.15) is 39.4 Å². The van der Waals surface area contributed by atoms with Crippen molar-refractivity contribution in [3.05, 3.63) is 66.6 Å². The fourth-order valence-electron chi connectivity index (χ4n) is 2.62. The molecule has 0 spiro atoms. The van der Waals surface area contributed by atoms with E-state index in [4.69, 9.17) is 5.73 Å². The molecule has 0 aromatic heterocycles. The second-order valence-electron chi connectivity index (χ2n) is 5.32. The van der Waals surface area contributed by atoms with Crippen LogP contribution in [-0.4, -0.2) is 0 Å². The predicted molar refractivity (Wildman–Crippen MR) is 93.3 cm³/mol. The van der Waals surface area contributed by atoms with Crippen LogP contribution in [0.15, 0.2) is 33.2 Å². The molecule has 106 valence electrons. The van der Waals surface area contributed by atoms with Crippen LogP contribution in [0.4, 0.5) is 0 Å². The summed E-state index contributed by atoms with van der Waals surface area (Å²) >= 11 is 7.14. The van der Waals surface area contributed by atoms with Crippen LogP contribution in [-0.2, 0) is 0 Å². The summed E-state index contributed by atoms with van der Waals surface area (Å²) in [6.07, 6.45) is 0. The predicted octanol–water partition coefficient (Wildman–Crippen LogP) is 5.49. The summed E-state index contributed by atoms with van der Waals surface area (Å²) in [7, 11) is 0. The molecular weight excluding hydrogens is 378 g/mol. The number of rotatable bonds is 2. The molecule has 0 saturated carbocycles. The first-order valence-electron chi connectivity index (χ1n) is 6.60. The molecule has 0 radical (unpaired) electrons. The molecule has 3 heteroatoms. The molecule has 2 aromatic rings. The van der Waals surface area contributed by atoms with Crippen molar-refractivity contribution in [3.8, 4) is 0 Å². The normalized spacial score (nSPS) is 12.6. The van der Waals surface area contributed by atoms with Gasteiger partial charge in [-0.05, 0) is 79.3 Å². The first kappa shape index (κ1) is 15.7. The van der Waals surface area contributed by atoms with Gasteiger partial charge in [0.05, 0.1) is 6.04 Å². The third-order valence-electron chi connectivity index (χ3n) is 4.03. The summed E-state index contributed by atoms with van der Waals surface area (Å²) in [6, 6.07) is 8.25. The molecule has 2 N–H and O–H groups in total. The lowest BCUT2D eigenvalue weighted by molar-refractivity contribution is 0.839. The first-order valence-corrected chi connectivity index (χ1v) is 8.19. The van der Waals surface area contributed by atoms with Crippen LogP contribution in [0.25, 0.3) is 0 Å². The lowest BCUT2D eigenvalue weighted by Crippen LogP contribution is -2.17. The summed E-state index contributed by atoms with van der Waals surface area (Å²) in [6.45, 7) is 8.60. The number of halogens is 2. The highest BCUT2D eigenvalue weighted by Crippen LogP contribution is 2.34. The minimum absolute atomic E-state index is 0.125. The van der Waals surface area contributed by atoms with Crippen molar-refractivity contribution in [3.63, 3.8) is 0 Å². The molecule has 1 nitrogen and oxygen atoms in total. The maximum absolute atomic E-state index is 6.57. The van der Waals surface area contributed by atoms with Gasteiger partial charge >= 0.3 is 0 Å². The molecule has 0 bridgehead atoms. The molecule has 0 heterocycles. The van der Waals surface area contributed by atoms with Crippen LogP contribution in [0.3, 0.4) is 0 Å². The van der Waals surface area contributed by atoms with Gasteiger partial charge in [-0.2, -0.15) is 0 Å². The van der Waals surface area contributed by atoms with Crippen molar-refractivity contribution >= 4 is 31.9 Å². The molecule has 0 saturated heterocycles. The Hall–Kier alpha value is -0.640. The minimum Gasteiger partial charge on any atom is -0.320 e. The molecule has 1 unspecified atom stereocenters. The molecule has 0 aliphatic carbocycles. The maximum Gasteiger partial charge on any atom is 0.0568 e. The van der Waals surface area contributed by atoms with Crippen molar-refractivity contribution in [2.24, 2.45) is 5.73 Å². The van der Waals surface area contributed by atoms with E-state index in [1.165, 1.54) is 27.8 Å². The zero-order valence-corrected chi connectivity index (χ0v) is 15.4. The monoisotopic (exact) mass is 395 g/mol. The van der Waals surface area contributed by atoms with Gasteiger partial charge in [-0.3, -0.25) is 0 Å². The highest BCUT2D eigenvalue weighted by Gasteiger charge is 2.19. The largest absolute Gasteiger partial charge is 0.320 e. The van der Waals surface area contributed by atoms with Gasteiger partial charge in [0, 0.05) is 8.95 Å². The summed E-state index contributed by atoms with van der Waals surface area (Å²) in [5.74, 6) is 0. The molecule has 1 atom stereocenters. The van der Waals surface area contributed by atoms with Crippen molar-refractivity contribution < 1.29 is 0 Å². The van der Waals surface area contributed by atoms with Gasteiger partial charge in [-0.1, -0.05) is 37.9 Å². The quantitative estimate of drug-likeness (QED) is 0.713. The van der Waals surface area contributed by atoms with Gasteiger partial charge in [-0.15, -0.1) is 0 Å². The van der Waals surface area contributed by atoms with Gasteiger partial charge in [0.2, 0.25) is 0 Å². The Morgan fingerprint density at radius 1 is 0.900 bits per heavy atom. The molecule has 2 rings (SSSR count). The number of aryl methyl sites for hydroxylation is 2. The third kappa shape index (κ3) is 2.85. The van der Waals surface area contributed by atoms with Crippen LogP contribution in [0, 0.1) is 27.7 Å². The van der Waals surface area contributed by atoms with Crippen LogP contribution in [0.5, 0.6) is 0 Å². The van der Waals surface area contributed by atoms with Gasteiger partial charge < -0.3 is 5.73 Å². The average Bonchev–Trinajstić information content (AvgIpc) is 2.39. The molecule has 0 aliphatic rings. The van der Waals surface area contributed by atoms with Gasteiger partial charge in [0.15, 0.2) is 0 Å². The molecule has 2 aromatic carbocycles.